The molecule has 2 unspecified atom stereocenters. The number of amides is 1. The van der Waals surface area contributed by atoms with E-state index in [0.717, 1.165) is 4.88 Å². The van der Waals surface area contributed by atoms with E-state index in [-0.39, 0.29) is 23.9 Å². The van der Waals surface area contributed by atoms with Crippen LogP contribution < -0.4 is 0 Å². The molecular formula is C23H22N2O4S. The van der Waals surface area contributed by atoms with Gasteiger partial charge >= 0.3 is 0 Å². The Kier molecular flexibility index (Phi) is 5.57. The van der Waals surface area contributed by atoms with Crippen LogP contribution in [-0.4, -0.2) is 47.2 Å². The number of furan rings is 1. The van der Waals surface area contributed by atoms with Crippen LogP contribution in [0, 0.1) is 0 Å². The molecule has 0 bridgehead atoms. The van der Waals surface area contributed by atoms with Crippen molar-refractivity contribution < 1.29 is 19.1 Å². The molecular weight excluding hydrogens is 400 g/mol. The van der Waals surface area contributed by atoms with E-state index >= 15 is 0 Å². The zero-order valence-electron chi connectivity index (χ0n) is 16.7. The number of carbonyl (C=O) groups is 2. The van der Waals surface area contributed by atoms with Gasteiger partial charge in [-0.2, -0.15) is 0 Å². The van der Waals surface area contributed by atoms with Gasteiger partial charge in [0.15, 0.2) is 0 Å². The molecule has 30 heavy (non-hydrogen) atoms. The van der Waals surface area contributed by atoms with E-state index in [1.54, 1.807) is 47.7 Å². The number of hydrogen-bond donors (Lipinski definition) is 1. The van der Waals surface area contributed by atoms with Crippen LogP contribution in [0.3, 0.4) is 0 Å². The Labute approximate surface area is 178 Å². The van der Waals surface area contributed by atoms with Crippen LogP contribution in [0.5, 0.6) is 0 Å². The first-order chi connectivity index (χ1) is 14.5. The van der Waals surface area contributed by atoms with Crippen molar-refractivity contribution in [2.24, 2.45) is 0 Å². The number of aliphatic hydroxyl groups excluding tert-OH is 1. The van der Waals surface area contributed by atoms with Crippen LogP contribution in [0.1, 0.15) is 28.3 Å². The summed E-state index contributed by atoms with van der Waals surface area (Å²) in [6, 6.07) is 15.3. The highest BCUT2D eigenvalue weighted by Crippen LogP contribution is 2.41. The van der Waals surface area contributed by atoms with Gasteiger partial charge in [-0.1, -0.05) is 36.4 Å². The van der Waals surface area contributed by atoms with Gasteiger partial charge < -0.3 is 19.3 Å². The molecule has 1 saturated heterocycles. The van der Waals surface area contributed by atoms with Gasteiger partial charge in [-0.05, 0) is 37.7 Å². The fraction of sp³-hybridized carbons (Fsp3) is 0.217. The largest absolute Gasteiger partial charge is 0.507 e. The number of rotatable bonds is 6. The van der Waals surface area contributed by atoms with Gasteiger partial charge in [0.1, 0.15) is 17.6 Å². The van der Waals surface area contributed by atoms with E-state index < -0.39 is 17.7 Å². The number of nitrogens with zero attached hydrogens (tertiary/aromatic N) is 2. The van der Waals surface area contributed by atoms with Gasteiger partial charge in [0.05, 0.1) is 17.9 Å². The highest BCUT2D eigenvalue weighted by molar-refractivity contribution is 7.10. The number of ketones is 1. The minimum Gasteiger partial charge on any atom is -0.507 e. The Morgan fingerprint density at radius 3 is 2.50 bits per heavy atom. The molecule has 1 fully saturated rings. The van der Waals surface area contributed by atoms with Gasteiger partial charge in [-0.25, -0.2) is 0 Å². The normalized spacial score (nSPS) is 19.6. The lowest BCUT2D eigenvalue weighted by atomic mass is 9.99. The standard InChI is InChI=1S/C23H22N2O4S/c1-24(2)16(18-11-7-13-30-18)14-25-20(17-10-6-12-29-17)19(22(27)23(25)28)21(26)15-8-4-3-5-9-15/h3-13,16,20,26H,14H2,1-2H3. The molecule has 0 aliphatic carbocycles. The van der Waals surface area contributed by atoms with E-state index in [9.17, 15) is 14.7 Å². The Morgan fingerprint density at radius 2 is 1.90 bits per heavy atom. The first-order valence-electron chi connectivity index (χ1n) is 9.56. The van der Waals surface area contributed by atoms with Gasteiger partial charge in [-0.15, -0.1) is 11.3 Å². The van der Waals surface area contributed by atoms with Crippen molar-refractivity contribution in [2.75, 3.05) is 20.6 Å². The number of Topliss-reactive ketones (excluding diaryl/α,β-unsaturated/α-hetero) is 1. The summed E-state index contributed by atoms with van der Waals surface area (Å²) in [5.74, 6) is -1.11. The van der Waals surface area contributed by atoms with Crippen molar-refractivity contribution in [3.8, 4) is 0 Å². The Balaban J connectivity index is 1.80. The predicted molar refractivity (Wildman–Crippen MR) is 115 cm³/mol. The van der Waals surface area contributed by atoms with Crippen molar-refractivity contribution in [1.82, 2.24) is 9.80 Å². The van der Waals surface area contributed by atoms with Crippen molar-refractivity contribution in [3.63, 3.8) is 0 Å². The molecule has 3 heterocycles. The van der Waals surface area contributed by atoms with Gasteiger partial charge in [0.2, 0.25) is 0 Å². The first kappa shape index (κ1) is 20.1. The molecule has 0 radical (unpaired) electrons. The van der Waals surface area contributed by atoms with Crippen LogP contribution in [-0.2, 0) is 9.59 Å². The zero-order chi connectivity index (χ0) is 21.3. The highest BCUT2D eigenvalue weighted by Gasteiger charge is 2.48. The lowest BCUT2D eigenvalue weighted by Gasteiger charge is -2.31. The average molecular weight is 423 g/mol. The van der Waals surface area contributed by atoms with E-state index in [2.05, 4.69) is 0 Å². The van der Waals surface area contributed by atoms with E-state index in [1.807, 2.05) is 42.6 Å². The number of benzene rings is 1. The topological polar surface area (TPSA) is 74.0 Å². The molecule has 1 aromatic carbocycles. The summed E-state index contributed by atoms with van der Waals surface area (Å²) in [6.07, 6.45) is 1.50. The summed E-state index contributed by atoms with van der Waals surface area (Å²) in [7, 11) is 3.87. The van der Waals surface area contributed by atoms with Crippen molar-refractivity contribution >= 4 is 28.8 Å². The fourth-order valence-corrected chi connectivity index (χ4v) is 4.65. The summed E-state index contributed by atoms with van der Waals surface area (Å²) in [5.41, 5.74) is 0.527. The second-order valence-electron chi connectivity index (χ2n) is 7.33. The summed E-state index contributed by atoms with van der Waals surface area (Å²) in [6.45, 7) is 0.287. The molecule has 7 heteroatoms. The Hall–Kier alpha value is -3.16. The second-order valence-corrected chi connectivity index (χ2v) is 8.31. The summed E-state index contributed by atoms with van der Waals surface area (Å²) in [5, 5.41) is 12.9. The molecule has 0 spiro atoms. The maximum atomic E-state index is 13.1. The summed E-state index contributed by atoms with van der Waals surface area (Å²) >= 11 is 1.60. The third-order valence-electron chi connectivity index (χ3n) is 5.26. The number of thiophene rings is 1. The quantitative estimate of drug-likeness (QED) is 0.368. The molecule has 3 aromatic rings. The van der Waals surface area contributed by atoms with Crippen LogP contribution >= 0.6 is 11.3 Å². The zero-order valence-corrected chi connectivity index (χ0v) is 17.5. The molecule has 6 nitrogen and oxygen atoms in total. The molecule has 1 aliphatic heterocycles. The van der Waals surface area contributed by atoms with Gasteiger partial charge in [-0.3, -0.25) is 9.59 Å². The molecule has 1 amide bonds. The summed E-state index contributed by atoms with van der Waals surface area (Å²) in [4.78, 5) is 30.7. The number of aliphatic hydroxyl groups is 1. The van der Waals surface area contributed by atoms with Crippen LogP contribution in [0.15, 0.2) is 76.2 Å². The maximum absolute atomic E-state index is 13.1. The minimum atomic E-state index is -0.789. The fourth-order valence-electron chi connectivity index (χ4n) is 3.74. The third-order valence-corrected chi connectivity index (χ3v) is 6.24. The minimum absolute atomic E-state index is 0.0461. The highest BCUT2D eigenvalue weighted by atomic mass is 32.1. The number of hydrogen-bond acceptors (Lipinski definition) is 6. The molecule has 2 atom stereocenters. The molecule has 1 aliphatic rings. The van der Waals surface area contributed by atoms with Crippen molar-refractivity contribution in [3.05, 3.63) is 88.0 Å². The van der Waals surface area contributed by atoms with Gasteiger partial charge in [0.25, 0.3) is 11.7 Å². The summed E-state index contributed by atoms with van der Waals surface area (Å²) < 4.78 is 5.59. The monoisotopic (exact) mass is 422 g/mol. The smallest absolute Gasteiger partial charge is 0.295 e. The molecule has 154 valence electrons. The van der Waals surface area contributed by atoms with E-state index in [0.29, 0.717) is 11.3 Å². The number of likely N-dealkylation sites (tertiary alicyclic amines) is 1. The predicted octanol–water partition coefficient (Wildman–Crippen LogP) is 4.07. The third kappa shape index (κ3) is 3.58. The lowest BCUT2D eigenvalue weighted by molar-refractivity contribution is -0.140. The van der Waals surface area contributed by atoms with E-state index in [1.165, 1.54) is 11.2 Å². The molecule has 2 aromatic heterocycles. The maximum Gasteiger partial charge on any atom is 0.295 e. The van der Waals surface area contributed by atoms with Crippen molar-refractivity contribution in [2.45, 2.75) is 12.1 Å². The molecule has 0 saturated carbocycles. The number of likely N-dealkylation sites (N-methyl/N-ethyl adjacent to an activating group) is 1. The lowest BCUT2D eigenvalue weighted by Crippen LogP contribution is -2.37. The van der Waals surface area contributed by atoms with Crippen LogP contribution in [0.25, 0.3) is 5.76 Å². The van der Waals surface area contributed by atoms with Crippen LogP contribution in [0.2, 0.25) is 0 Å². The molecule has 1 N–H and O–H groups in total. The SMILES string of the molecule is CN(C)C(CN1C(=O)C(=O)C(=C(O)c2ccccc2)C1c1ccco1)c1cccs1. The van der Waals surface area contributed by atoms with Gasteiger partial charge in [0, 0.05) is 17.0 Å². The molecule has 4 rings (SSSR count). The Bertz CT molecular complexity index is 1060. The second kappa shape index (κ2) is 8.30. The number of carbonyl (C=O) groups excluding carboxylic acids is 2. The average Bonchev–Trinajstić information content (AvgIpc) is 3.50. The van der Waals surface area contributed by atoms with E-state index in [4.69, 9.17) is 4.42 Å². The Morgan fingerprint density at radius 1 is 1.13 bits per heavy atom. The van der Waals surface area contributed by atoms with Crippen molar-refractivity contribution in [1.29, 1.82) is 0 Å². The van der Waals surface area contributed by atoms with Crippen LogP contribution in [0.4, 0.5) is 0 Å². The first-order valence-corrected chi connectivity index (χ1v) is 10.4.